The molecule has 4 N–H and O–H groups in total. The number of ether oxygens (including phenoxy) is 1. The molecule has 1 aromatic carbocycles. The predicted molar refractivity (Wildman–Crippen MR) is 141 cm³/mol. The Kier molecular flexibility index (Phi) is 7.39. The van der Waals surface area contributed by atoms with E-state index in [9.17, 15) is 13.8 Å². The van der Waals surface area contributed by atoms with Crippen molar-refractivity contribution in [2.75, 3.05) is 24.8 Å². The van der Waals surface area contributed by atoms with Gasteiger partial charge in [-0.2, -0.15) is 0 Å². The quantitative estimate of drug-likeness (QED) is 0.329. The normalized spacial score (nSPS) is 14.5. The zero-order chi connectivity index (χ0) is 26.7. The van der Waals surface area contributed by atoms with Crippen molar-refractivity contribution in [2.45, 2.75) is 37.0 Å². The Morgan fingerprint density at radius 3 is 2.49 bits per heavy atom. The summed E-state index contributed by atoms with van der Waals surface area (Å²) in [5.74, 6) is 0.103. The van der Waals surface area contributed by atoms with Crippen LogP contribution in [-0.4, -0.2) is 50.6 Å². The van der Waals surface area contributed by atoms with Gasteiger partial charge in [0, 0.05) is 41.6 Å². The number of aromatic nitrogens is 3. The highest BCUT2D eigenvalue weighted by Crippen LogP contribution is 2.38. The Labute approximate surface area is 215 Å². The van der Waals surface area contributed by atoms with E-state index in [4.69, 9.17) is 9.52 Å². The third kappa shape index (κ3) is 5.53. The number of benzene rings is 1. The summed E-state index contributed by atoms with van der Waals surface area (Å²) in [5.41, 5.74) is 2.30. The number of pyridine rings is 1. The molecule has 11 nitrogen and oxygen atoms in total. The van der Waals surface area contributed by atoms with Gasteiger partial charge in [0.05, 0.1) is 28.2 Å². The third-order valence-corrected chi connectivity index (χ3v) is 8.14. The van der Waals surface area contributed by atoms with Crippen molar-refractivity contribution < 1.29 is 18.5 Å². The molecule has 194 valence electrons. The van der Waals surface area contributed by atoms with Crippen LogP contribution >= 0.6 is 0 Å². The van der Waals surface area contributed by atoms with E-state index in [0.717, 1.165) is 12.8 Å². The average Bonchev–Trinajstić information content (AvgIpc) is 3.74. The monoisotopic (exact) mass is 523 g/mol. The Morgan fingerprint density at radius 1 is 1.14 bits per heavy atom. The van der Waals surface area contributed by atoms with Gasteiger partial charge in [-0.05, 0) is 44.9 Å². The Bertz CT molecular complexity index is 1440. The molecule has 0 unspecified atom stereocenters. The number of methoxy groups -OCH3 is 1. The van der Waals surface area contributed by atoms with Gasteiger partial charge in [-0.25, -0.2) is 14.0 Å². The fourth-order valence-electron chi connectivity index (χ4n) is 3.60. The first-order chi connectivity index (χ1) is 17.6. The number of hydrogen-bond acceptors (Lipinski definition) is 9. The summed E-state index contributed by atoms with van der Waals surface area (Å²) in [6.45, 7) is 3.46. The average molecular weight is 524 g/mol. The minimum atomic E-state index is -3.01. The van der Waals surface area contributed by atoms with Crippen molar-refractivity contribution in [2.24, 2.45) is 5.92 Å². The number of carbonyl (C=O) groups excluding carboxylic acids is 2. The van der Waals surface area contributed by atoms with Crippen LogP contribution in [0.25, 0.3) is 11.1 Å². The maximum atomic E-state index is 12.7. The number of carbonyl (C=O) groups is 2. The van der Waals surface area contributed by atoms with Crippen molar-refractivity contribution in [3.8, 4) is 16.9 Å². The number of para-hydroxylation sites is 1. The summed E-state index contributed by atoms with van der Waals surface area (Å²) in [6.07, 6.45) is 3.25. The van der Waals surface area contributed by atoms with Crippen LogP contribution in [0.4, 0.5) is 17.2 Å². The number of hydrogen-bond donors (Lipinski definition) is 4. The van der Waals surface area contributed by atoms with Crippen LogP contribution in [0.2, 0.25) is 0 Å². The van der Waals surface area contributed by atoms with Crippen LogP contribution in [0.1, 0.15) is 37.2 Å². The lowest BCUT2D eigenvalue weighted by Crippen LogP contribution is -2.22. The molecule has 2 aromatic heterocycles. The van der Waals surface area contributed by atoms with Crippen molar-refractivity contribution in [3.05, 3.63) is 48.3 Å². The predicted octanol–water partition coefficient (Wildman–Crippen LogP) is 3.81. The molecule has 0 bridgehead atoms. The molecule has 3 aromatic rings. The molecule has 1 atom stereocenters. The molecular weight excluding hydrogens is 494 g/mol. The first-order valence-electron chi connectivity index (χ1n) is 11.7. The van der Waals surface area contributed by atoms with E-state index >= 15 is 0 Å². The van der Waals surface area contributed by atoms with Gasteiger partial charge in [0.1, 0.15) is 10.8 Å². The summed E-state index contributed by atoms with van der Waals surface area (Å²) in [7, 11) is 0.00413. The van der Waals surface area contributed by atoms with Crippen LogP contribution in [0, 0.1) is 10.7 Å². The van der Waals surface area contributed by atoms with Gasteiger partial charge >= 0.3 is 0 Å². The summed E-state index contributed by atoms with van der Waals surface area (Å²) in [6, 6.07) is 10.3. The molecule has 2 heterocycles. The Balaban J connectivity index is 1.70. The molecule has 1 aliphatic carbocycles. The molecule has 1 fully saturated rings. The van der Waals surface area contributed by atoms with Gasteiger partial charge < -0.3 is 20.7 Å². The molecule has 0 radical (unpaired) electrons. The number of nitrogens with one attached hydrogen (secondary N) is 4. The topological polar surface area (TPSA) is 159 Å². The largest absolute Gasteiger partial charge is 0.494 e. The van der Waals surface area contributed by atoms with E-state index < -0.39 is 15.6 Å². The van der Waals surface area contributed by atoms with Gasteiger partial charge in [-0.1, -0.05) is 12.1 Å². The van der Waals surface area contributed by atoms with Gasteiger partial charge in [-0.15, -0.1) is 10.2 Å². The molecule has 1 aliphatic rings. The van der Waals surface area contributed by atoms with E-state index in [1.54, 1.807) is 50.4 Å². The highest BCUT2D eigenvalue weighted by atomic mass is 32.2. The molecule has 12 heteroatoms. The van der Waals surface area contributed by atoms with E-state index in [0.29, 0.717) is 28.3 Å². The SMILES string of the molecule is CNC(=O)c1nnc(NC(=O)C2CC2)cc1Nc1cccc(-c2ccc([S@@](=N)(=O)C(C)C)nc2)c1OC. The zero-order valence-corrected chi connectivity index (χ0v) is 21.8. The summed E-state index contributed by atoms with van der Waals surface area (Å²) in [5, 5.41) is 16.3. The smallest absolute Gasteiger partial charge is 0.273 e. The minimum absolute atomic E-state index is 0.0161. The Morgan fingerprint density at radius 2 is 1.89 bits per heavy atom. The van der Waals surface area contributed by atoms with Crippen molar-refractivity contribution >= 4 is 38.7 Å². The number of amides is 2. The highest BCUT2D eigenvalue weighted by molar-refractivity contribution is 7.92. The molecule has 1 saturated carbocycles. The maximum Gasteiger partial charge on any atom is 0.273 e. The lowest BCUT2D eigenvalue weighted by molar-refractivity contribution is -0.117. The van der Waals surface area contributed by atoms with Crippen molar-refractivity contribution in [1.29, 1.82) is 4.78 Å². The fraction of sp³-hybridized carbons (Fsp3) is 0.320. The van der Waals surface area contributed by atoms with E-state index in [1.807, 2.05) is 6.07 Å². The zero-order valence-electron chi connectivity index (χ0n) is 21.0. The van der Waals surface area contributed by atoms with Crippen LogP contribution < -0.4 is 20.7 Å². The highest BCUT2D eigenvalue weighted by Gasteiger charge is 2.30. The van der Waals surface area contributed by atoms with E-state index in [1.165, 1.54) is 14.2 Å². The van der Waals surface area contributed by atoms with Crippen molar-refractivity contribution in [3.63, 3.8) is 0 Å². The second-order valence-electron chi connectivity index (χ2n) is 8.88. The summed E-state index contributed by atoms with van der Waals surface area (Å²) in [4.78, 5) is 29.0. The third-order valence-electron chi connectivity index (χ3n) is 5.95. The second-order valence-corrected chi connectivity index (χ2v) is 11.4. The van der Waals surface area contributed by atoms with Crippen LogP contribution in [0.5, 0.6) is 5.75 Å². The molecule has 37 heavy (non-hydrogen) atoms. The number of rotatable bonds is 9. The van der Waals surface area contributed by atoms with Crippen LogP contribution in [-0.2, 0) is 14.5 Å². The molecular formula is C25H29N7O4S. The van der Waals surface area contributed by atoms with Gasteiger partial charge in [0.25, 0.3) is 5.91 Å². The van der Waals surface area contributed by atoms with Crippen molar-refractivity contribution in [1.82, 2.24) is 20.5 Å². The fourth-order valence-corrected chi connectivity index (χ4v) is 4.56. The summed E-state index contributed by atoms with van der Waals surface area (Å²) >= 11 is 0. The molecule has 0 aliphatic heterocycles. The van der Waals surface area contributed by atoms with Crippen LogP contribution in [0.15, 0.2) is 47.6 Å². The molecule has 0 saturated heterocycles. The number of anilines is 3. The van der Waals surface area contributed by atoms with Gasteiger partial charge in [-0.3, -0.25) is 9.59 Å². The van der Waals surface area contributed by atoms with E-state index in [-0.39, 0.29) is 33.6 Å². The maximum absolute atomic E-state index is 12.7. The van der Waals surface area contributed by atoms with E-state index in [2.05, 4.69) is 31.1 Å². The standard InChI is InChI=1S/C25H29N7O4S/c1-14(2)37(26,35)21-11-10-16(13-28-21)17-6-5-7-18(23(17)36-4)29-19-12-20(30-24(33)15-8-9-15)31-32-22(19)25(34)27-3/h5-7,10-15,26H,8-9H2,1-4H3,(H,27,34)(H2,29,30,31,33)/t37-/m0/s1. The Hall–Kier alpha value is -4.06. The first kappa shape index (κ1) is 26.0. The number of nitrogens with zero attached hydrogens (tertiary/aromatic N) is 3. The minimum Gasteiger partial charge on any atom is -0.494 e. The lowest BCUT2D eigenvalue weighted by atomic mass is 10.1. The second kappa shape index (κ2) is 10.5. The summed E-state index contributed by atoms with van der Waals surface area (Å²) < 4.78 is 26.5. The molecule has 2 amide bonds. The van der Waals surface area contributed by atoms with Gasteiger partial charge in [0.2, 0.25) is 5.91 Å². The van der Waals surface area contributed by atoms with Crippen LogP contribution in [0.3, 0.4) is 0 Å². The molecule has 0 spiro atoms. The first-order valence-corrected chi connectivity index (χ1v) is 13.4. The van der Waals surface area contributed by atoms with Gasteiger partial charge in [0.15, 0.2) is 11.5 Å². The molecule has 4 rings (SSSR count). The lowest BCUT2D eigenvalue weighted by Gasteiger charge is -2.17.